The molecular weight excluding hydrogens is 248 g/mol. The van der Waals surface area contributed by atoms with Gasteiger partial charge in [0.05, 0.1) is 0 Å². The number of aromatic nitrogens is 1. The van der Waals surface area contributed by atoms with Crippen molar-refractivity contribution in [2.24, 2.45) is 5.73 Å². The molecule has 0 unspecified atom stereocenters. The Morgan fingerprint density at radius 1 is 1.00 bits per heavy atom. The standard InChI is InChI=1S/C17H18N2O/c18-14(11-10-13-6-2-1-3-7-13)12-17-19-15-8-4-5-9-16(15)20-17/h1-9,14H,10-12,18H2/t14-/m0/s1. The first-order chi connectivity index (χ1) is 9.81. The molecule has 0 amide bonds. The van der Waals surface area contributed by atoms with Crippen molar-refractivity contribution in [3.05, 3.63) is 66.1 Å². The van der Waals surface area contributed by atoms with Crippen LogP contribution >= 0.6 is 0 Å². The van der Waals surface area contributed by atoms with Crippen LogP contribution in [0.5, 0.6) is 0 Å². The largest absolute Gasteiger partial charge is 0.441 e. The normalized spacial score (nSPS) is 12.7. The summed E-state index contributed by atoms with van der Waals surface area (Å²) >= 11 is 0. The van der Waals surface area contributed by atoms with E-state index in [0.29, 0.717) is 6.42 Å². The van der Waals surface area contributed by atoms with E-state index in [2.05, 4.69) is 29.2 Å². The van der Waals surface area contributed by atoms with Crippen LogP contribution in [0.15, 0.2) is 59.0 Å². The second kappa shape index (κ2) is 5.88. The van der Waals surface area contributed by atoms with Crippen LogP contribution in [-0.4, -0.2) is 11.0 Å². The van der Waals surface area contributed by atoms with E-state index in [1.54, 1.807) is 0 Å². The lowest BCUT2D eigenvalue weighted by Gasteiger charge is -2.08. The highest BCUT2D eigenvalue weighted by atomic mass is 16.3. The number of nitrogens with two attached hydrogens (primary N) is 1. The summed E-state index contributed by atoms with van der Waals surface area (Å²) in [6.45, 7) is 0. The molecule has 2 N–H and O–H groups in total. The number of hydrogen-bond acceptors (Lipinski definition) is 3. The van der Waals surface area contributed by atoms with Gasteiger partial charge in [0, 0.05) is 12.5 Å². The van der Waals surface area contributed by atoms with E-state index < -0.39 is 0 Å². The second-order valence-corrected chi connectivity index (χ2v) is 5.06. The first-order valence-electron chi connectivity index (χ1n) is 6.95. The summed E-state index contributed by atoms with van der Waals surface area (Å²) in [5.41, 5.74) is 9.23. The first-order valence-corrected chi connectivity index (χ1v) is 6.95. The average molecular weight is 266 g/mol. The molecule has 102 valence electrons. The van der Waals surface area contributed by atoms with Crippen molar-refractivity contribution in [3.8, 4) is 0 Å². The Kier molecular flexibility index (Phi) is 3.79. The minimum absolute atomic E-state index is 0.0725. The van der Waals surface area contributed by atoms with Gasteiger partial charge in [0.25, 0.3) is 0 Å². The van der Waals surface area contributed by atoms with Crippen LogP contribution in [0.3, 0.4) is 0 Å². The van der Waals surface area contributed by atoms with Gasteiger partial charge in [0.15, 0.2) is 11.5 Å². The van der Waals surface area contributed by atoms with Gasteiger partial charge in [-0.15, -0.1) is 0 Å². The molecule has 0 saturated carbocycles. The number of fused-ring (bicyclic) bond motifs is 1. The van der Waals surface area contributed by atoms with Gasteiger partial charge in [0.2, 0.25) is 0 Å². The van der Waals surface area contributed by atoms with Crippen molar-refractivity contribution in [1.82, 2.24) is 4.98 Å². The van der Waals surface area contributed by atoms with Crippen LogP contribution < -0.4 is 5.73 Å². The average Bonchev–Trinajstić information content (AvgIpc) is 2.88. The van der Waals surface area contributed by atoms with Crippen molar-refractivity contribution in [2.45, 2.75) is 25.3 Å². The summed E-state index contributed by atoms with van der Waals surface area (Å²) in [4.78, 5) is 4.46. The molecule has 1 atom stereocenters. The third-order valence-electron chi connectivity index (χ3n) is 3.42. The summed E-state index contributed by atoms with van der Waals surface area (Å²) < 4.78 is 5.70. The van der Waals surface area contributed by atoms with Crippen molar-refractivity contribution >= 4 is 11.1 Å². The Bertz CT molecular complexity index is 643. The Hall–Kier alpha value is -2.13. The molecule has 3 heteroatoms. The predicted octanol–water partition coefficient (Wildman–Crippen LogP) is 3.33. The van der Waals surface area contributed by atoms with Gasteiger partial charge in [-0.3, -0.25) is 0 Å². The smallest absolute Gasteiger partial charge is 0.197 e. The Labute approximate surface area is 118 Å². The molecule has 0 aliphatic rings. The maximum Gasteiger partial charge on any atom is 0.197 e. The summed E-state index contributed by atoms with van der Waals surface area (Å²) in [5.74, 6) is 0.728. The van der Waals surface area contributed by atoms with Crippen LogP contribution in [0.1, 0.15) is 17.9 Å². The van der Waals surface area contributed by atoms with Gasteiger partial charge in [-0.05, 0) is 30.5 Å². The maximum atomic E-state index is 6.18. The van der Waals surface area contributed by atoms with Crippen LogP contribution in [0.4, 0.5) is 0 Å². The quantitative estimate of drug-likeness (QED) is 0.770. The van der Waals surface area contributed by atoms with Crippen molar-refractivity contribution in [1.29, 1.82) is 0 Å². The molecule has 3 aromatic rings. The van der Waals surface area contributed by atoms with E-state index in [9.17, 15) is 0 Å². The van der Waals surface area contributed by atoms with Gasteiger partial charge in [0.1, 0.15) is 5.52 Å². The molecular formula is C17H18N2O. The Balaban J connectivity index is 1.59. The van der Waals surface area contributed by atoms with E-state index in [1.165, 1.54) is 5.56 Å². The van der Waals surface area contributed by atoms with E-state index in [1.807, 2.05) is 30.3 Å². The van der Waals surface area contributed by atoms with E-state index in [0.717, 1.165) is 29.8 Å². The SMILES string of the molecule is N[C@@H](CCc1ccccc1)Cc1nc2ccccc2o1. The van der Waals surface area contributed by atoms with Gasteiger partial charge in [-0.25, -0.2) is 4.98 Å². The Morgan fingerprint density at radius 2 is 1.75 bits per heavy atom. The Morgan fingerprint density at radius 3 is 2.55 bits per heavy atom. The highest BCUT2D eigenvalue weighted by Gasteiger charge is 2.10. The number of para-hydroxylation sites is 2. The van der Waals surface area contributed by atoms with Crippen LogP contribution in [-0.2, 0) is 12.8 Å². The van der Waals surface area contributed by atoms with E-state index >= 15 is 0 Å². The molecule has 0 radical (unpaired) electrons. The number of oxazole rings is 1. The fraction of sp³-hybridized carbons (Fsp3) is 0.235. The van der Waals surface area contributed by atoms with Gasteiger partial charge >= 0.3 is 0 Å². The van der Waals surface area contributed by atoms with Crippen molar-refractivity contribution < 1.29 is 4.42 Å². The summed E-state index contributed by atoms with van der Waals surface area (Å²) in [6, 6.07) is 18.3. The topological polar surface area (TPSA) is 52.0 Å². The lowest BCUT2D eigenvalue weighted by atomic mass is 10.0. The third kappa shape index (κ3) is 3.06. The zero-order chi connectivity index (χ0) is 13.8. The minimum Gasteiger partial charge on any atom is -0.441 e. The molecule has 0 aliphatic carbocycles. The molecule has 3 rings (SSSR count). The predicted molar refractivity (Wildman–Crippen MR) is 80.5 cm³/mol. The molecule has 20 heavy (non-hydrogen) atoms. The number of hydrogen-bond donors (Lipinski definition) is 1. The molecule has 1 aromatic heterocycles. The first kappa shape index (κ1) is 12.9. The number of aryl methyl sites for hydroxylation is 1. The zero-order valence-electron chi connectivity index (χ0n) is 11.3. The summed E-state index contributed by atoms with van der Waals surface area (Å²) in [5, 5.41) is 0. The molecule has 0 fully saturated rings. The van der Waals surface area contributed by atoms with E-state index in [-0.39, 0.29) is 6.04 Å². The summed E-state index contributed by atoms with van der Waals surface area (Å²) in [7, 11) is 0. The molecule has 0 saturated heterocycles. The molecule has 1 heterocycles. The van der Waals surface area contributed by atoms with Crippen LogP contribution in [0.25, 0.3) is 11.1 Å². The highest BCUT2D eigenvalue weighted by molar-refractivity contribution is 5.72. The molecule has 0 spiro atoms. The fourth-order valence-electron chi connectivity index (χ4n) is 2.33. The number of benzene rings is 2. The second-order valence-electron chi connectivity index (χ2n) is 5.06. The van der Waals surface area contributed by atoms with Gasteiger partial charge in [-0.1, -0.05) is 42.5 Å². The lowest BCUT2D eigenvalue weighted by Crippen LogP contribution is -2.23. The zero-order valence-corrected chi connectivity index (χ0v) is 11.3. The summed E-state index contributed by atoms with van der Waals surface area (Å²) in [6.07, 6.45) is 2.60. The molecule has 3 nitrogen and oxygen atoms in total. The minimum atomic E-state index is 0.0725. The molecule has 0 aliphatic heterocycles. The monoisotopic (exact) mass is 266 g/mol. The van der Waals surface area contributed by atoms with Crippen LogP contribution in [0.2, 0.25) is 0 Å². The fourth-order valence-corrected chi connectivity index (χ4v) is 2.33. The number of rotatable bonds is 5. The van der Waals surface area contributed by atoms with Gasteiger partial charge < -0.3 is 10.2 Å². The van der Waals surface area contributed by atoms with Gasteiger partial charge in [-0.2, -0.15) is 0 Å². The maximum absolute atomic E-state index is 6.18. The number of nitrogens with zero attached hydrogens (tertiary/aromatic N) is 1. The molecule has 2 aromatic carbocycles. The van der Waals surface area contributed by atoms with Crippen LogP contribution in [0, 0.1) is 0 Å². The van der Waals surface area contributed by atoms with E-state index in [4.69, 9.17) is 10.2 Å². The third-order valence-corrected chi connectivity index (χ3v) is 3.42. The molecule has 0 bridgehead atoms. The van der Waals surface area contributed by atoms with Crippen molar-refractivity contribution in [2.75, 3.05) is 0 Å². The highest BCUT2D eigenvalue weighted by Crippen LogP contribution is 2.16. The van der Waals surface area contributed by atoms with Crippen molar-refractivity contribution in [3.63, 3.8) is 0 Å². The lowest BCUT2D eigenvalue weighted by molar-refractivity contribution is 0.484.